The lowest BCUT2D eigenvalue weighted by Gasteiger charge is -2.31. The maximum atomic E-state index is 13.1. The summed E-state index contributed by atoms with van der Waals surface area (Å²) in [6.07, 6.45) is 5.54. The van der Waals surface area contributed by atoms with Crippen LogP contribution in [0, 0.1) is 6.92 Å². The molecule has 1 aliphatic carbocycles. The third-order valence-corrected chi connectivity index (χ3v) is 6.36. The fraction of sp³-hybridized carbons (Fsp3) is 0.440. The first-order valence-corrected chi connectivity index (χ1v) is 11.8. The second kappa shape index (κ2) is 11.3. The average Bonchev–Trinajstić information content (AvgIpc) is 2.78. The molecule has 1 N–H and O–H groups in total. The van der Waals surface area contributed by atoms with Gasteiger partial charge in [0.25, 0.3) is 5.91 Å². The molecule has 5 nitrogen and oxygen atoms in total. The summed E-state index contributed by atoms with van der Waals surface area (Å²) in [7, 11) is 0. The fourth-order valence-corrected chi connectivity index (χ4v) is 4.14. The molecule has 1 saturated carbocycles. The minimum absolute atomic E-state index is 0.103. The van der Waals surface area contributed by atoms with Crippen molar-refractivity contribution in [1.82, 2.24) is 10.2 Å². The number of nitrogens with zero attached hydrogens (tertiary/aromatic N) is 1. The van der Waals surface area contributed by atoms with Crippen LogP contribution in [0.2, 0.25) is 0 Å². The first kappa shape index (κ1) is 23.3. The predicted molar refractivity (Wildman–Crippen MR) is 126 cm³/mol. The highest BCUT2D eigenvalue weighted by molar-refractivity contribution is 9.10. The maximum Gasteiger partial charge on any atom is 0.261 e. The van der Waals surface area contributed by atoms with Gasteiger partial charge in [-0.1, -0.05) is 65.5 Å². The van der Waals surface area contributed by atoms with Crippen molar-refractivity contribution in [2.45, 2.75) is 64.6 Å². The molecule has 1 fully saturated rings. The van der Waals surface area contributed by atoms with Crippen molar-refractivity contribution in [3.63, 3.8) is 0 Å². The normalized spacial score (nSPS) is 15.2. The number of benzene rings is 2. The third kappa shape index (κ3) is 6.82. The van der Waals surface area contributed by atoms with E-state index < -0.39 is 6.04 Å². The van der Waals surface area contributed by atoms with Gasteiger partial charge in [-0.15, -0.1) is 0 Å². The lowest BCUT2D eigenvalue weighted by atomic mass is 9.95. The van der Waals surface area contributed by atoms with Gasteiger partial charge in [0.2, 0.25) is 5.91 Å². The highest BCUT2D eigenvalue weighted by atomic mass is 79.9. The van der Waals surface area contributed by atoms with E-state index in [9.17, 15) is 9.59 Å². The Labute approximate surface area is 193 Å². The van der Waals surface area contributed by atoms with Crippen LogP contribution in [0.25, 0.3) is 0 Å². The van der Waals surface area contributed by atoms with Crippen LogP contribution in [-0.4, -0.2) is 35.4 Å². The predicted octanol–water partition coefficient (Wildman–Crippen LogP) is 5.00. The van der Waals surface area contributed by atoms with Crippen LogP contribution < -0.4 is 10.1 Å². The zero-order chi connectivity index (χ0) is 22.2. The summed E-state index contributed by atoms with van der Waals surface area (Å²) in [5.41, 5.74) is 1.93. The molecule has 0 radical (unpaired) electrons. The quantitative estimate of drug-likeness (QED) is 0.570. The lowest BCUT2D eigenvalue weighted by molar-refractivity contribution is -0.142. The van der Waals surface area contributed by atoms with Gasteiger partial charge in [-0.2, -0.15) is 0 Å². The molecule has 2 aromatic rings. The van der Waals surface area contributed by atoms with Crippen LogP contribution in [0.5, 0.6) is 5.75 Å². The smallest absolute Gasteiger partial charge is 0.261 e. The van der Waals surface area contributed by atoms with Gasteiger partial charge in [-0.05, 0) is 56.0 Å². The number of para-hydroxylation sites is 1. The monoisotopic (exact) mass is 486 g/mol. The molecule has 0 spiro atoms. The molecule has 0 saturated heterocycles. The van der Waals surface area contributed by atoms with Crippen molar-refractivity contribution in [1.29, 1.82) is 0 Å². The second-order valence-electron chi connectivity index (χ2n) is 8.22. The molecule has 0 bridgehead atoms. The topological polar surface area (TPSA) is 58.6 Å². The Morgan fingerprint density at radius 2 is 1.77 bits per heavy atom. The Kier molecular flexibility index (Phi) is 8.52. The Balaban J connectivity index is 1.70. The van der Waals surface area contributed by atoms with Crippen LogP contribution in [-0.2, 0) is 16.1 Å². The molecule has 0 aliphatic heterocycles. The number of rotatable bonds is 8. The van der Waals surface area contributed by atoms with Gasteiger partial charge >= 0.3 is 0 Å². The van der Waals surface area contributed by atoms with Crippen LogP contribution in [0.1, 0.15) is 50.2 Å². The molecule has 3 rings (SSSR count). The number of aryl methyl sites for hydroxylation is 1. The molecule has 1 atom stereocenters. The number of halogens is 1. The standard InChI is InChI=1S/C25H31BrN2O3/c1-18-8-6-7-11-23(18)31-17-24(29)28(16-20-12-14-21(26)15-13-20)19(2)25(30)27-22-9-4-3-5-10-22/h6-8,11-15,19,22H,3-5,9-10,16-17H2,1-2H3,(H,27,30). The highest BCUT2D eigenvalue weighted by Gasteiger charge is 2.28. The van der Waals surface area contributed by atoms with Crippen molar-refractivity contribution >= 4 is 27.7 Å². The van der Waals surface area contributed by atoms with Gasteiger partial charge in [-0.25, -0.2) is 0 Å². The van der Waals surface area contributed by atoms with E-state index in [4.69, 9.17) is 4.74 Å². The summed E-state index contributed by atoms with van der Waals surface area (Å²) in [6.45, 7) is 3.98. The zero-order valence-electron chi connectivity index (χ0n) is 18.3. The Hall–Kier alpha value is -2.34. The number of hydrogen-bond acceptors (Lipinski definition) is 3. The minimum atomic E-state index is -0.585. The molecule has 166 valence electrons. The summed E-state index contributed by atoms with van der Waals surface area (Å²) in [5.74, 6) is 0.365. The van der Waals surface area contributed by atoms with E-state index in [1.807, 2.05) is 55.5 Å². The van der Waals surface area contributed by atoms with Gasteiger partial charge in [0.15, 0.2) is 6.61 Å². The Morgan fingerprint density at radius 1 is 1.10 bits per heavy atom. The number of hydrogen-bond donors (Lipinski definition) is 1. The van der Waals surface area contributed by atoms with Crippen LogP contribution >= 0.6 is 15.9 Å². The molecular weight excluding hydrogens is 456 g/mol. The van der Waals surface area contributed by atoms with E-state index in [2.05, 4.69) is 21.2 Å². The molecule has 2 aromatic carbocycles. The largest absolute Gasteiger partial charge is 0.484 e. The molecule has 0 aromatic heterocycles. The molecule has 1 unspecified atom stereocenters. The maximum absolute atomic E-state index is 13.1. The number of carbonyl (C=O) groups is 2. The number of nitrogens with one attached hydrogen (secondary N) is 1. The molecular formula is C25H31BrN2O3. The summed E-state index contributed by atoms with van der Waals surface area (Å²) in [4.78, 5) is 27.7. The lowest BCUT2D eigenvalue weighted by Crippen LogP contribution is -2.51. The summed E-state index contributed by atoms with van der Waals surface area (Å²) in [5, 5.41) is 3.15. The van der Waals surface area contributed by atoms with E-state index >= 15 is 0 Å². The second-order valence-corrected chi connectivity index (χ2v) is 9.14. The van der Waals surface area contributed by atoms with Crippen molar-refractivity contribution in [2.75, 3.05) is 6.61 Å². The summed E-state index contributed by atoms with van der Waals surface area (Å²) in [6, 6.07) is 15.0. The van der Waals surface area contributed by atoms with Gasteiger partial charge in [0.05, 0.1) is 0 Å². The zero-order valence-corrected chi connectivity index (χ0v) is 19.9. The number of amides is 2. The number of carbonyl (C=O) groups excluding carboxylic acids is 2. The van der Waals surface area contributed by atoms with Crippen molar-refractivity contribution in [3.8, 4) is 5.75 Å². The van der Waals surface area contributed by atoms with Gasteiger partial charge in [0.1, 0.15) is 11.8 Å². The van der Waals surface area contributed by atoms with Crippen molar-refractivity contribution < 1.29 is 14.3 Å². The van der Waals surface area contributed by atoms with E-state index in [1.54, 1.807) is 11.8 Å². The number of ether oxygens (including phenoxy) is 1. The minimum Gasteiger partial charge on any atom is -0.484 e. The molecule has 6 heteroatoms. The molecule has 31 heavy (non-hydrogen) atoms. The van der Waals surface area contributed by atoms with Crippen molar-refractivity contribution in [2.24, 2.45) is 0 Å². The van der Waals surface area contributed by atoms with Crippen LogP contribution in [0.15, 0.2) is 53.0 Å². The van der Waals surface area contributed by atoms with E-state index in [0.717, 1.165) is 41.3 Å². The first-order chi connectivity index (χ1) is 14.9. The Bertz CT molecular complexity index is 879. The third-order valence-electron chi connectivity index (χ3n) is 5.83. The van der Waals surface area contributed by atoms with Crippen LogP contribution in [0.3, 0.4) is 0 Å². The SMILES string of the molecule is Cc1ccccc1OCC(=O)N(Cc1ccc(Br)cc1)C(C)C(=O)NC1CCCCC1. The Morgan fingerprint density at radius 3 is 2.45 bits per heavy atom. The first-order valence-electron chi connectivity index (χ1n) is 11.0. The van der Waals surface area contributed by atoms with Gasteiger partial charge in [0, 0.05) is 17.1 Å². The van der Waals surface area contributed by atoms with Crippen LogP contribution in [0.4, 0.5) is 0 Å². The summed E-state index contributed by atoms with van der Waals surface area (Å²) >= 11 is 3.44. The molecule has 1 aliphatic rings. The molecule has 2 amide bonds. The van der Waals surface area contributed by atoms with E-state index in [0.29, 0.717) is 12.3 Å². The fourth-order valence-electron chi connectivity index (χ4n) is 3.88. The van der Waals surface area contributed by atoms with Gasteiger partial charge in [-0.3, -0.25) is 9.59 Å². The van der Waals surface area contributed by atoms with E-state index in [-0.39, 0.29) is 24.5 Å². The van der Waals surface area contributed by atoms with E-state index in [1.165, 1.54) is 6.42 Å². The average molecular weight is 487 g/mol. The van der Waals surface area contributed by atoms with Crippen molar-refractivity contribution in [3.05, 3.63) is 64.1 Å². The highest BCUT2D eigenvalue weighted by Crippen LogP contribution is 2.20. The summed E-state index contributed by atoms with van der Waals surface area (Å²) < 4.78 is 6.76. The molecule has 0 heterocycles. The van der Waals surface area contributed by atoms with Gasteiger partial charge < -0.3 is 15.0 Å².